The molecule has 1 unspecified atom stereocenters. The van der Waals surface area contributed by atoms with E-state index >= 15 is 0 Å². The molecule has 3 heteroatoms. The second-order valence-electron chi connectivity index (χ2n) is 4.38. The Balaban J connectivity index is 2.39. The van der Waals surface area contributed by atoms with E-state index in [1.54, 1.807) is 0 Å². The molecule has 3 nitrogen and oxygen atoms in total. The maximum atomic E-state index is 9.31. The summed E-state index contributed by atoms with van der Waals surface area (Å²) in [5.74, 6) is 6.21. The van der Waals surface area contributed by atoms with Crippen LogP contribution in [-0.4, -0.2) is 42.3 Å². The molecule has 0 amide bonds. The van der Waals surface area contributed by atoms with Crippen molar-refractivity contribution in [3.63, 3.8) is 0 Å². The van der Waals surface area contributed by atoms with Crippen molar-refractivity contribution in [2.45, 2.75) is 26.4 Å². The van der Waals surface area contributed by atoms with Crippen molar-refractivity contribution in [3.05, 3.63) is 35.9 Å². The fraction of sp³-hybridized carbons (Fsp3) is 0.500. The second-order valence-corrected chi connectivity index (χ2v) is 4.38. The molecule has 1 rings (SSSR count). The molecule has 0 spiro atoms. The lowest BCUT2D eigenvalue weighted by Gasteiger charge is -2.14. The van der Waals surface area contributed by atoms with Gasteiger partial charge in [-0.3, -0.25) is 10.2 Å². The van der Waals surface area contributed by atoms with Gasteiger partial charge in [-0.1, -0.05) is 56.0 Å². The molecule has 0 fully saturated rings. The van der Waals surface area contributed by atoms with Crippen LogP contribution in [0.4, 0.5) is 0 Å². The molecule has 0 bridgehead atoms. The Morgan fingerprint density at radius 2 is 1.89 bits per heavy atom. The maximum Gasteiger partial charge on any atom is 0.0926 e. The number of hydrogen-bond acceptors (Lipinski definition) is 3. The van der Waals surface area contributed by atoms with E-state index in [2.05, 4.69) is 48.0 Å². The fourth-order valence-electron chi connectivity index (χ4n) is 1.73. The number of benzene rings is 1. The summed E-state index contributed by atoms with van der Waals surface area (Å²) in [6.07, 6.45) is 0. The molecule has 1 aromatic rings. The molecule has 0 heterocycles. The van der Waals surface area contributed by atoms with Gasteiger partial charge in [-0.15, -0.1) is 0 Å². The van der Waals surface area contributed by atoms with E-state index < -0.39 is 0 Å². The van der Waals surface area contributed by atoms with Crippen LogP contribution in [0.1, 0.15) is 19.4 Å². The fourth-order valence-corrected chi connectivity index (χ4v) is 1.73. The van der Waals surface area contributed by atoms with E-state index in [4.69, 9.17) is 0 Å². The lowest BCUT2D eigenvalue weighted by Crippen LogP contribution is -2.31. The molecular formula is C16H24N2O. The van der Waals surface area contributed by atoms with Crippen LogP contribution in [0, 0.1) is 11.8 Å². The average Bonchev–Trinajstić information content (AvgIpc) is 2.48. The Labute approximate surface area is 116 Å². The van der Waals surface area contributed by atoms with Gasteiger partial charge < -0.3 is 5.11 Å². The molecular weight excluding hydrogens is 236 g/mol. The van der Waals surface area contributed by atoms with Crippen molar-refractivity contribution in [1.29, 1.82) is 0 Å². The van der Waals surface area contributed by atoms with Gasteiger partial charge in [0, 0.05) is 6.54 Å². The van der Waals surface area contributed by atoms with E-state index in [0.717, 1.165) is 26.2 Å². The van der Waals surface area contributed by atoms with Gasteiger partial charge in [-0.25, -0.2) is 0 Å². The van der Waals surface area contributed by atoms with Gasteiger partial charge in [0.1, 0.15) is 0 Å². The Hall–Kier alpha value is -1.34. The van der Waals surface area contributed by atoms with Crippen molar-refractivity contribution in [2.24, 2.45) is 0 Å². The SMILES string of the molecule is CCN(CC)CC#CC(CO)NCc1ccccc1. The number of aliphatic hydroxyl groups excluding tert-OH is 1. The zero-order valence-electron chi connectivity index (χ0n) is 11.9. The van der Waals surface area contributed by atoms with Crippen molar-refractivity contribution in [2.75, 3.05) is 26.2 Å². The largest absolute Gasteiger partial charge is 0.394 e. The minimum atomic E-state index is -0.157. The molecule has 1 aromatic carbocycles. The maximum absolute atomic E-state index is 9.31. The standard InChI is InChI=1S/C16H24N2O/c1-3-18(4-2)12-8-11-16(14-19)17-13-15-9-6-5-7-10-15/h5-7,9-10,16-17,19H,3-4,12-14H2,1-2H3. The Morgan fingerprint density at radius 3 is 2.47 bits per heavy atom. The van der Waals surface area contributed by atoms with E-state index in [0.29, 0.717) is 0 Å². The third-order valence-electron chi connectivity index (χ3n) is 3.05. The molecule has 0 saturated carbocycles. The first-order chi connectivity index (χ1) is 9.30. The van der Waals surface area contributed by atoms with Crippen LogP contribution < -0.4 is 5.32 Å². The highest BCUT2D eigenvalue weighted by atomic mass is 16.3. The number of hydrogen-bond donors (Lipinski definition) is 2. The number of nitrogens with zero attached hydrogens (tertiary/aromatic N) is 1. The van der Waals surface area contributed by atoms with Crippen LogP contribution in [0.2, 0.25) is 0 Å². The quantitative estimate of drug-likeness (QED) is 0.729. The Bertz CT molecular complexity index is 390. The summed E-state index contributed by atoms with van der Waals surface area (Å²) in [5, 5.41) is 12.6. The van der Waals surface area contributed by atoms with Gasteiger partial charge in [0.05, 0.1) is 19.2 Å². The molecule has 0 aliphatic heterocycles. The van der Waals surface area contributed by atoms with Gasteiger partial charge >= 0.3 is 0 Å². The highest BCUT2D eigenvalue weighted by molar-refractivity contribution is 5.16. The van der Waals surface area contributed by atoms with E-state index in [1.807, 2.05) is 18.2 Å². The lowest BCUT2D eigenvalue weighted by molar-refractivity contribution is 0.267. The Morgan fingerprint density at radius 1 is 1.21 bits per heavy atom. The monoisotopic (exact) mass is 260 g/mol. The molecule has 19 heavy (non-hydrogen) atoms. The van der Waals surface area contributed by atoms with E-state index in [9.17, 15) is 5.11 Å². The summed E-state index contributed by atoms with van der Waals surface area (Å²) in [4.78, 5) is 2.25. The van der Waals surface area contributed by atoms with E-state index in [1.165, 1.54) is 5.56 Å². The molecule has 0 aromatic heterocycles. The minimum absolute atomic E-state index is 0.0398. The summed E-state index contributed by atoms with van der Waals surface area (Å²) < 4.78 is 0. The topological polar surface area (TPSA) is 35.5 Å². The van der Waals surface area contributed by atoms with Crippen LogP contribution in [-0.2, 0) is 6.54 Å². The van der Waals surface area contributed by atoms with Gasteiger partial charge in [-0.2, -0.15) is 0 Å². The highest BCUT2D eigenvalue weighted by Crippen LogP contribution is 1.97. The van der Waals surface area contributed by atoms with Crippen LogP contribution in [0.15, 0.2) is 30.3 Å². The summed E-state index contributed by atoms with van der Waals surface area (Å²) >= 11 is 0. The average molecular weight is 260 g/mol. The zero-order chi connectivity index (χ0) is 13.9. The van der Waals surface area contributed by atoms with Crippen LogP contribution in [0.3, 0.4) is 0 Å². The molecule has 0 radical (unpaired) electrons. The molecule has 104 valence electrons. The Kier molecular flexibility index (Phi) is 7.92. The second kappa shape index (κ2) is 9.57. The first-order valence-electron chi connectivity index (χ1n) is 6.89. The molecule has 1 atom stereocenters. The van der Waals surface area contributed by atoms with Gasteiger partial charge in [0.15, 0.2) is 0 Å². The first-order valence-corrected chi connectivity index (χ1v) is 6.89. The van der Waals surface area contributed by atoms with E-state index in [-0.39, 0.29) is 12.6 Å². The van der Waals surface area contributed by atoms with Crippen LogP contribution >= 0.6 is 0 Å². The molecule has 0 saturated heterocycles. The van der Waals surface area contributed by atoms with Gasteiger partial charge in [0.2, 0.25) is 0 Å². The number of nitrogens with one attached hydrogen (secondary N) is 1. The van der Waals surface area contributed by atoms with Crippen molar-refractivity contribution < 1.29 is 5.11 Å². The molecule has 0 aliphatic carbocycles. The van der Waals surface area contributed by atoms with Crippen LogP contribution in [0.5, 0.6) is 0 Å². The predicted octanol–water partition coefficient (Wildman–Crippen LogP) is 1.48. The minimum Gasteiger partial charge on any atom is -0.394 e. The third-order valence-corrected chi connectivity index (χ3v) is 3.05. The van der Waals surface area contributed by atoms with Gasteiger partial charge in [-0.05, 0) is 18.7 Å². The zero-order valence-corrected chi connectivity index (χ0v) is 11.9. The summed E-state index contributed by atoms with van der Waals surface area (Å²) in [6.45, 7) is 7.80. The predicted molar refractivity (Wildman–Crippen MR) is 79.7 cm³/mol. The smallest absolute Gasteiger partial charge is 0.0926 e. The summed E-state index contributed by atoms with van der Waals surface area (Å²) in [6, 6.07) is 9.98. The molecule has 0 aliphatic rings. The van der Waals surface area contributed by atoms with Crippen LogP contribution in [0.25, 0.3) is 0 Å². The van der Waals surface area contributed by atoms with Crippen molar-refractivity contribution >= 4 is 0 Å². The summed E-state index contributed by atoms with van der Waals surface area (Å²) in [7, 11) is 0. The number of rotatable bonds is 7. The van der Waals surface area contributed by atoms with Crippen molar-refractivity contribution in [1.82, 2.24) is 10.2 Å². The first kappa shape index (κ1) is 15.7. The normalized spacial score (nSPS) is 12.0. The summed E-state index contributed by atoms with van der Waals surface area (Å²) in [5.41, 5.74) is 1.20. The van der Waals surface area contributed by atoms with Gasteiger partial charge in [0.25, 0.3) is 0 Å². The molecule has 2 N–H and O–H groups in total. The van der Waals surface area contributed by atoms with Crippen molar-refractivity contribution in [3.8, 4) is 11.8 Å². The lowest BCUT2D eigenvalue weighted by atomic mass is 10.2. The number of aliphatic hydroxyl groups is 1. The highest BCUT2D eigenvalue weighted by Gasteiger charge is 2.02. The third kappa shape index (κ3) is 6.40.